The molecule has 0 bridgehead atoms. The number of hydrogen-bond acceptors (Lipinski definition) is 2. The Morgan fingerprint density at radius 2 is 2.12 bits per heavy atom. The zero-order valence-corrected chi connectivity index (χ0v) is 11.2. The minimum absolute atomic E-state index is 0.0634. The quantitative estimate of drug-likeness (QED) is 0.902. The van der Waals surface area contributed by atoms with Crippen molar-refractivity contribution in [3.8, 4) is 5.75 Å². The standard InChI is InChI=1S/C12H17BrFNO/c1-12(2,8-15)5-6-16-9-3-4-10(13)11(14)7-9/h3-4,7H,5-6,8,15H2,1-2H3. The monoisotopic (exact) mass is 289 g/mol. The summed E-state index contributed by atoms with van der Waals surface area (Å²) in [7, 11) is 0. The molecule has 0 radical (unpaired) electrons. The molecule has 90 valence electrons. The molecule has 0 spiro atoms. The van der Waals surface area contributed by atoms with E-state index < -0.39 is 0 Å². The van der Waals surface area contributed by atoms with Crippen molar-refractivity contribution in [2.45, 2.75) is 20.3 Å². The van der Waals surface area contributed by atoms with E-state index in [0.29, 0.717) is 23.4 Å². The van der Waals surface area contributed by atoms with Crippen molar-refractivity contribution in [1.29, 1.82) is 0 Å². The third-order valence-electron chi connectivity index (χ3n) is 2.49. The Bertz CT molecular complexity index is 355. The van der Waals surface area contributed by atoms with Crippen LogP contribution in [0.1, 0.15) is 20.3 Å². The zero-order chi connectivity index (χ0) is 12.2. The highest BCUT2D eigenvalue weighted by molar-refractivity contribution is 9.10. The van der Waals surface area contributed by atoms with E-state index in [-0.39, 0.29) is 11.2 Å². The molecule has 0 saturated heterocycles. The highest BCUT2D eigenvalue weighted by Gasteiger charge is 2.15. The molecule has 0 saturated carbocycles. The van der Waals surface area contributed by atoms with Gasteiger partial charge in [-0.1, -0.05) is 13.8 Å². The number of nitrogens with two attached hydrogens (primary N) is 1. The third kappa shape index (κ3) is 4.10. The summed E-state index contributed by atoms with van der Waals surface area (Å²) in [6, 6.07) is 4.75. The first-order valence-corrected chi connectivity index (χ1v) is 6.02. The third-order valence-corrected chi connectivity index (χ3v) is 3.13. The maximum Gasteiger partial charge on any atom is 0.141 e. The molecule has 1 aromatic rings. The Kier molecular flexibility index (Phi) is 4.74. The minimum Gasteiger partial charge on any atom is -0.493 e. The summed E-state index contributed by atoms with van der Waals surface area (Å²) in [6.07, 6.45) is 0.848. The predicted octanol–water partition coefficient (Wildman–Crippen LogP) is 3.34. The van der Waals surface area contributed by atoms with Crippen LogP contribution in [-0.4, -0.2) is 13.2 Å². The number of benzene rings is 1. The maximum atomic E-state index is 13.2. The molecular weight excluding hydrogens is 273 g/mol. The van der Waals surface area contributed by atoms with Gasteiger partial charge in [0.15, 0.2) is 0 Å². The molecule has 0 aliphatic heterocycles. The normalized spacial score (nSPS) is 11.6. The van der Waals surface area contributed by atoms with Gasteiger partial charge >= 0.3 is 0 Å². The topological polar surface area (TPSA) is 35.2 Å². The Morgan fingerprint density at radius 3 is 2.69 bits per heavy atom. The molecule has 1 rings (SSSR count). The molecule has 0 unspecified atom stereocenters. The number of hydrogen-bond donors (Lipinski definition) is 1. The van der Waals surface area contributed by atoms with Gasteiger partial charge in [0, 0.05) is 6.07 Å². The molecule has 0 aliphatic carbocycles. The van der Waals surface area contributed by atoms with Gasteiger partial charge in [0.25, 0.3) is 0 Å². The first-order chi connectivity index (χ1) is 7.44. The second-order valence-corrected chi connectivity index (χ2v) is 5.40. The molecule has 0 atom stereocenters. The van der Waals surface area contributed by atoms with Crippen LogP contribution in [0.2, 0.25) is 0 Å². The van der Waals surface area contributed by atoms with Gasteiger partial charge in [0.05, 0.1) is 11.1 Å². The predicted molar refractivity (Wildman–Crippen MR) is 67.0 cm³/mol. The van der Waals surface area contributed by atoms with Crippen LogP contribution in [0.15, 0.2) is 22.7 Å². The molecule has 4 heteroatoms. The molecular formula is C12H17BrFNO. The number of halogens is 2. The fourth-order valence-corrected chi connectivity index (χ4v) is 1.36. The van der Waals surface area contributed by atoms with Gasteiger partial charge < -0.3 is 10.5 Å². The molecule has 0 fully saturated rings. The molecule has 0 aliphatic rings. The summed E-state index contributed by atoms with van der Waals surface area (Å²) in [5.41, 5.74) is 5.67. The SMILES string of the molecule is CC(C)(CN)CCOc1ccc(Br)c(F)c1. The van der Waals surface area contributed by atoms with Gasteiger partial charge in [0.2, 0.25) is 0 Å². The Hall–Kier alpha value is -0.610. The second kappa shape index (κ2) is 5.64. The van der Waals surface area contributed by atoms with Crippen molar-refractivity contribution >= 4 is 15.9 Å². The summed E-state index contributed by atoms with van der Waals surface area (Å²) < 4.78 is 19.1. The average molecular weight is 290 g/mol. The number of rotatable bonds is 5. The Morgan fingerprint density at radius 1 is 1.44 bits per heavy atom. The van der Waals surface area contributed by atoms with Crippen molar-refractivity contribution in [3.63, 3.8) is 0 Å². The van der Waals surface area contributed by atoms with E-state index in [4.69, 9.17) is 10.5 Å². The van der Waals surface area contributed by atoms with Crippen LogP contribution in [0.5, 0.6) is 5.75 Å². The van der Waals surface area contributed by atoms with Crippen molar-refractivity contribution < 1.29 is 9.13 Å². The summed E-state index contributed by atoms with van der Waals surface area (Å²) in [4.78, 5) is 0. The first kappa shape index (κ1) is 13.5. The summed E-state index contributed by atoms with van der Waals surface area (Å²) in [6.45, 7) is 5.33. The summed E-state index contributed by atoms with van der Waals surface area (Å²) >= 11 is 3.09. The van der Waals surface area contributed by atoms with Crippen LogP contribution in [0, 0.1) is 11.2 Å². The lowest BCUT2D eigenvalue weighted by Crippen LogP contribution is -2.25. The van der Waals surface area contributed by atoms with Crippen LogP contribution < -0.4 is 10.5 Å². The van der Waals surface area contributed by atoms with Crippen molar-refractivity contribution in [3.05, 3.63) is 28.5 Å². The van der Waals surface area contributed by atoms with Crippen LogP contribution in [0.25, 0.3) is 0 Å². The minimum atomic E-state index is -0.310. The molecule has 16 heavy (non-hydrogen) atoms. The first-order valence-electron chi connectivity index (χ1n) is 5.22. The maximum absolute atomic E-state index is 13.2. The lowest BCUT2D eigenvalue weighted by atomic mass is 9.90. The molecule has 0 amide bonds. The lowest BCUT2D eigenvalue weighted by molar-refractivity contribution is 0.233. The van der Waals surface area contributed by atoms with Gasteiger partial charge in [-0.05, 0) is 46.4 Å². The highest BCUT2D eigenvalue weighted by atomic mass is 79.9. The lowest BCUT2D eigenvalue weighted by Gasteiger charge is -2.22. The van der Waals surface area contributed by atoms with E-state index in [0.717, 1.165) is 6.42 Å². The van der Waals surface area contributed by atoms with E-state index >= 15 is 0 Å². The smallest absolute Gasteiger partial charge is 0.141 e. The van der Waals surface area contributed by atoms with Crippen molar-refractivity contribution in [2.24, 2.45) is 11.1 Å². The van der Waals surface area contributed by atoms with E-state index in [2.05, 4.69) is 29.8 Å². The Labute approximate surface area is 104 Å². The zero-order valence-electron chi connectivity index (χ0n) is 9.59. The second-order valence-electron chi connectivity index (χ2n) is 4.54. The van der Waals surface area contributed by atoms with Gasteiger partial charge in [-0.2, -0.15) is 0 Å². The van der Waals surface area contributed by atoms with Gasteiger partial charge in [-0.25, -0.2) is 4.39 Å². The number of ether oxygens (including phenoxy) is 1. The van der Waals surface area contributed by atoms with Gasteiger partial charge in [-0.15, -0.1) is 0 Å². The van der Waals surface area contributed by atoms with E-state index in [1.165, 1.54) is 6.07 Å². The van der Waals surface area contributed by atoms with E-state index in [9.17, 15) is 4.39 Å². The van der Waals surface area contributed by atoms with E-state index in [1.54, 1.807) is 12.1 Å². The van der Waals surface area contributed by atoms with Gasteiger partial charge in [-0.3, -0.25) is 0 Å². The molecule has 0 heterocycles. The summed E-state index contributed by atoms with van der Waals surface area (Å²) in [5, 5.41) is 0. The molecule has 1 aromatic carbocycles. The molecule has 2 nitrogen and oxygen atoms in total. The largest absolute Gasteiger partial charge is 0.493 e. The fraction of sp³-hybridized carbons (Fsp3) is 0.500. The van der Waals surface area contributed by atoms with Crippen LogP contribution in [0.4, 0.5) is 4.39 Å². The van der Waals surface area contributed by atoms with E-state index in [1.807, 2.05) is 0 Å². The average Bonchev–Trinajstić information content (AvgIpc) is 2.23. The van der Waals surface area contributed by atoms with Crippen LogP contribution in [-0.2, 0) is 0 Å². The van der Waals surface area contributed by atoms with Crippen LogP contribution >= 0.6 is 15.9 Å². The van der Waals surface area contributed by atoms with Crippen LogP contribution in [0.3, 0.4) is 0 Å². The summed E-state index contributed by atoms with van der Waals surface area (Å²) in [5.74, 6) is 0.240. The Balaban J connectivity index is 2.46. The fourth-order valence-electron chi connectivity index (χ4n) is 1.11. The highest BCUT2D eigenvalue weighted by Crippen LogP contribution is 2.22. The molecule has 0 aromatic heterocycles. The van der Waals surface area contributed by atoms with Gasteiger partial charge in [0.1, 0.15) is 11.6 Å². The molecule has 2 N–H and O–H groups in total. The van der Waals surface area contributed by atoms with Crippen molar-refractivity contribution in [1.82, 2.24) is 0 Å². The van der Waals surface area contributed by atoms with Crippen molar-refractivity contribution in [2.75, 3.05) is 13.2 Å².